The Morgan fingerprint density at radius 3 is 2.65 bits per heavy atom. The number of fused-ring (bicyclic) bond motifs is 1. The maximum Gasteiger partial charge on any atom is 0.0958 e. The van der Waals surface area contributed by atoms with Gasteiger partial charge in [-0.2, -0.15) is 0 Å². The van der Waals surface area contributed by atoms with Crippen molar-refractivity contribution in [2.24, 2.45) is 0 Å². The Hall–Kier alpha value is -0.540. The van der Waals surface area contributed by atoms with E-state index in [0.717, 1.165) is 11.0 Å². The van der Waals surface area contributed by atoms with E-state index in [1.807, 2.05) is 4.57 Å². The van der Waals surface area contributed by atoms with Gasteiger partial charge in [0.25, 0.3) is 0 Å². The molecule has 4 nitrogen and oxygen atoms in total. The predicted octanol–water partition coefficient (Wildman–Crippen LogP) is 3.72. The first-order valence-electron chi connectivity index (χ1n) is 6.28. The lowest BCUT2D eigenvalue weighted by molar-refractivity contribution is 0.181. The number of benzene rings is 1. The smallest absolute Gasteiger partial charge is 0.0958 e. The Balaban J connectivity index is 2.11. The maximum absolute atomic E-state index is 11.7. The number of aromatic nitrogens is 2. The summed E-state index contributed by atoms with van der Waals surface area (Å²) < 4.78 is 13.6. The maximum atomic E-state index is 11.7. The van der Waals surface area contributed by atoms with Crippen LogP contribution in [0.3, 0.4) is 0 Å². The van der Waals surface area contributed by atoms with Crippen LogP contribution in [-0.2, 0) is 11.1 Å². The summed E-state index contributed by atoms with van der Waals surface area (Å²) in [6.45, 7) is 3.96. The lowest BCUT2D eigenvalue weighted by atomic mass is 10.2. The molecule has 2 aromatic rings. The van der Waals surface area contributed by atoms with Crippen LogP contribution < -0.4 is 0 Å². The van der Waals surface area contributed by atoms with Gasteiger partial charge in [-0.05, 0) is 31.9 Å². The Morgan fingerprint density at radius 1 is 1.35 bits per heavy atom. The van der Waals surface area contributed by atoms with Gasteiger partial charge in [0.1, 0.15) is 0 Å². The summed E-state index contributed by atoms with van der Waals surface area (Å²) in [6.07, 6.45) is 1.99. The molecule has 20 heavy (non-hydrogen) atoms. The number of aliphatic hydroxyl groups excluding tert-OH is 1. The second kappa shape index (κ2) is 6.07. The number of aryl methyl sites for hydroxylation is 1. The molecular formula is C13H17Cl2N2O2P. The Bertz CT molecular complexity index is 666. The lowest BCUT2D eigenvalue weighted by Crippen LogP contribution is -2.15. The van der Waals surface area contributed by atoms with Crippen molar-refractivity contribution in [2.45, 2.75) is 19.1 Å². The van der Waals surface area contributed by atoms with Crippen molar-refractivity contribution in [3.8, 4) is 0 Å². The van der Waals surface area contributed by atoms with Crippen molar-refractivity contribution >= 4 is 41.4 Å². The van der Waals surface area contributed by atoms with Crippen LogP contribution in [0.15, 0.2) is 18.5 Å². The number of imidazole rings is 1. The van der Waals surface area contributed by atoms with Crippen LogP contribution >= 0.6 is 30.3 Å². The highest BCUT2D eigenvalue weighted by atomic mass is 35.5. The summed E-state index contributed by atoms with van der Waals surface area (Å²) in [4.78, 5) is 4.26. The van der Waals surface area contributed by atoms with E-state index in [-0.39, 0.29) is 0 Å². The van der Waals surface area contributed by atoms with E-state index in [0.29, 0.717) is 29.2 Å². The largest absolute Gasteiger partial charge is 0.393 e. The van der Waals surface area contributed by atoms with Gasteiger partial charge in [0.15, 0.2) is 0 Å². The van der Waals surface area contributed by atoms with Gasteiger partial charge in [0, 0.05) is 12.7 Å². The Kier molecular flexibility index (Phi) is 4.80. The minimum Gasteiger partial charge on any atom is -0.393 e. The summed E-state index contributed by atoms with van der Waals surface area (Å²) in [5.74, 6) is 0. The molecule has 1 atom stereocenters. The normalized spacial score (nSPS) is 13.8. The number of aliphatic hydroxyl groups is 1. The van der Waals surface area contributed by atoms with Crippen LogP contribution in [0.2, 0.25) is 10.0 Å². The molecule has 0 fully saturated rings. The SMILES string of the molecule is CP(C)(=O)C[C@H](O)CCn1cnc2cc(Cl)c(Cl)cc21. The van der Waals surface area contributed by atoms with E-state index < -0.39 is 13.2 Å². The summed E-state index contributed by atoms with van der Waals surface area (Å²) in [7, 11) is -2.20. The molecule has 0 unspecified atom stereocenters. The number of hydrogen-bond acceptors (Lipinski definition) is 3. The fraction of sp³-hybridized carbons (Fsp3) is 0.462. The topological polar surface area (TPSA) is 55.1 Å². The first-order valence-corrected chi connectivity index (χ1v) is 9.82. The van der Waals surface area contributed by atoms with E-state index in [2.05, 4.69) is 4.98 Å². The molecule has 0 radical (unpaired) electrons. The Labute approximate surface area is 128 Å². The molecule has 0 saturated carbocycles. The zero-order valence-electron chi connectivity index (χ0n) is 11.4. The fourth-order valence-corrected chi connectivity index (χ4v) is 3.63. The first-order chi connectivity index (χ1) is 9.26. The molecule has 0 amide bonds. The number of rotatable bonds is 5. The zero-order chi connectivity index (χ0) is 14.9. The average molecular weight is 335 g/mol. The van der Waals surface area contributed by atoms with Crippen molar-refractivity contribution in [3.05, 3.63) is 28.5 Å². The van der Waals surface area contributed by atoms with Gasteiger partial charge in [-0.15, -0.1) is 0 Å². The van der Waals surface area contributed by atoms with Gasteiger partial charge in [-0.25, -0.2) is 4.98 Å². The van der Waals surface area contributed by atoms with E-state index in [1.165, 1.54) is 0 Å². The monoisotopic (exact) mass is 334 g/mol. The van der Waals surface area contributed by atoms with Crippen molar-refractivity contribution in [1.29, 1.82) is 0 Å². The van der Waals surface area contributed by atoms with Crippen molar-refractivity contribution in [3.63, 3.8) is 0 Å². The van der Waals surface area contributed by atoms with Crippen molar-refractivity contribution in [1.82, 2.24) is 9.55 Å². The minimum absolute atomic E-state index is 0.339. The van der Waals surface area contributed by atoms with Crippen molar-refractivity contribution < 1.29 is 9.67 Å². The summed E-state index contributed by atoms with van der Waals surface area (Å²) in [6, 6.07) is 3.49. The number of halogens is 2. The number of hydrogen-bond donors (Lipinski definition) is 1. The molecule has 1 aromatic heterocycles. The summed E-state index contributed by atoms with van der Waals surface area (Å²) >= 11 is 12.0. The molecule has 1 aromatic carbocycles. The third-order valence-corrected chi connectivity index (χ3v) is 5.04. The van der Waals surface area contributed by atoms with E-state index in [1.54, 1.807) is 31.8 Å². The third kappa shape index (κ3) is 3.98. The van der Waals surface area contributed by atoms with Gasteiger partial charge >= 0.3 is 0 Å². The van der Waals surface area contributed by atoms with Crippen LogP contribution in [0, 0.1) is 0 Å². The standard InChI is InChI=1S/C13H17Cl2N2O2P/c1-20(2,19)7-9(18)3-4-17-8-16-12-5-10(14)11(15)6-13(12)17/h5-6,8-9,18H,3-4,7H2,1-2H3/t9-/m1/s1. The average Bonchev–Trinajstić information content (AvgIpc) is 2.67. The number of nitrogens with zero attached hydrogens (tertiary/aromatic N) is 2. The zero-order valence-corrected chi connectivity index (χ0v) is 13.8. The minimum atomic E-state index is -2.20. The predicted molar refractivity (Wildman–Crippen MR) is 84.7 cm³/mol. The molecule has 0 bridgehead atoms. The quantitative estimate of drug-likeness (QED) is 0.848. The van der Waals surface area contributed by atoms with Crippen molar-refractivity contribution in [2.75, 3.05) is 19.5 Å². The van der Waals surface area contributed by atoms with E-state index in [4.69, 9.17) is 23.2 Å². The highest BCUT2D eigenvalue weighted by Crippen LogP contribution is 2.37. The van der Waals surface area contributed by atoms with Crippen LogP contribution in [0.1, 0.15) is 6.42 Å². The molecule has 0 spiro atoms. The molecular weight excluding hydrogens is 318 g/mol. The first kappa shape index (κ1) is 15.8. The molecule has 0 aliphatic carbocycles. The van der Waals surface area contributed by atoms with Gasteiger partial charge in [-0.3, -0.25) is 0 Å². The molecule has 2 rings (SSSR count). The third-order valence-electron chi connectivity index (χ3n) is 3.02. The van der Waals surface area contributed by atoms with E-state index in [9.17, 15) is 9.67 Å². The van der Waals surface area contributed by atoms with Crippen LogP contribution in [-0.4, -0.2) is 40.3 Å². The highest BCUT2D eigenvalue weighted by molar-refractivity contribution is 7.62. The summed E-state index contributed by atoms with van der Waals surface area (Å²) in [5.41, 5.74) is 1.65. The Morgan fingerprint density at radius 2 is 2.00 bits per heavy atom. The van der Waals surface area contributed by atoms with Gasteiger partial charge in [0.05, 0.1) is 40.7 Å². The van der Waals surface area contributed by atoms with E-state index >= 15 is 0 Å². The second-order valence-corrected chi connectivity index (χ2v) is 9.72. The van der Waals surface area contributed by atoms with Gasteiger partial charge in [0.2, 0.25) is 0 Å². The van der Waals surface area contributed by atoms with Gasteiger partial charge < -0.3 is 14.2 Å². The second-order valence-electron chi connectivity index (χ2n) is 5.39. The molecule has 0 saturated heterocycles. The lowest BCUT2D eigenvalue weighted by Gasteiger charge is -2.14. The molecule has 1 heterocycles. The highest BCUT2D eigenvalue weighted by Gasteiger charge is 2.15. The molecule has 0 aliphatic heterocycles. The van der Waals surface area contributed by atoms with Crippen LogP contribution in [0.5, 0.6) is 0 Å². The molecule has 1 N–H and O–H groups in total. The molecule has 0 aliphatic rings. The van der Waals surface area contributed by atoms with Crippen LogP contribution in [0.25, 0.3) is 11.0 Å². The molecule has 110 valence electrons. The summed E-state index contributed by atoms with van der Waals surface area (Å²) in [5, 5.41) is 10.9. The van der Waals surface area contributed by atoms with Crippen LogP contribution in [0.4, 0.5) is 0 Å². The fourth-order valence-electron chi connectivity index (χ4n) is 2.12. The molecule has 7 heteroatoms. The van der Waals surface area contributed by atoms with Gasteiger partial charge in [-0.1, -0.05) is 23.2 Å².